The van der Waals surface area contributed by atoms with E-state index in [1.54, 1.807) is 0 Å². The fourth-order valence-electron chi connectivity index (χ4n) is 1.63. The van der Waals surface area contributed by atoms with Crippen LogP contribution in [0.1, 0.15) is 19.4 Å². The van der Waals surface area contributed by atoms with Gasteiger partial charge in [-0.15, -0.1) is 0 Å². The molecule has 17 heavy (non-hydrogen) atoms. The van der Waals surface area contributed by atoms with Crippen LogP contribution in [-0.2, 0) is 6.54 Å². The van der Waals surface area contributed by atoms with Crippen molar-refractivity contribution < 1.29 is 0 Å². The molecule has 0 N–H and O–H groups in total. The van der Waals surface area contributed by atoms with Crippen molar-refractivity contribution in [3.8, 4) is 0 Å². The van der Waals surface area contributed by atoms with Crippen molar-refractivity contribution in [1.29, 1.82) is 0 Å². The van der Waals surface area contributed by atoms with Gasteiger partial charge in [0.15, 0.2) is 0 Å². The standard InChI is InChI=1S/C14H15N.C2H6/c1-15(14-10-6-3-7-11-14)12-13-8-4-2-5-9-13;1-2/h2-11H,12H2,1H3;1-2H3. The number of hydrogen-bond donors (Lipinski definition) is 0. The summed E-state index contributed by atoms with van der Waals surface area (Å²) in [6.07, 6.45) is 0. The molecule has 0 unspecified atom stereocenters. The van der Waals surface area contributed by atoms with Crippen LogP contribution in [0.25, 0.3) is 0 Å². The molecule has 0 aliphatic rings. The second-order valence-electron chi connectivity index (χ2n) is 3.68. The summed E-state index contributed by atoms with van der Waals surface area (Å²) in [4.78, 5) is 2.25. The topological polar surface area (TPSA) is 3.24 Å². The fraction of sp³-hybridized carbons (Fsp3) is 0.250. The van der Waals surface area contributed by atoms with Crippen LogP contribution < -0.4 is 4.90 Å². The highest BCUT2D eigenvalue weighted by atomic mass is 15.1. The fourth-order valence-corrected chi connectivity index (χ4v) is 1.63. The Bertz CT molecular complexity index is 394. The summed E-state index contributed by atoms with van der Waals surface area (Å²) < 4.78 is 0. The summed E-state index contributed by atoms with van der Waals surface area (Å²) in [5, 5.41) is 0. The molecule has 0 saturated heterocycles. The molecule has 2 rings (SSSR count). The zero-order valence-electron chi connectivity index (χ0n) is 10.9. The van der Waals surface area contributed by atoms with Crippen molar-refractivity contribution in [1.82, 2.24) is 0 Å². The van der Waals surface area contributed by atoms with Crippen LogP contribution >= 0.6 is 0 Å². The van der Waals surface area contributed by atoms with Gasteiger partial charge in [0.1, 0.15) is 0 Å². The molecule has 0 spiro atoms. The molecule has 90 valence electrons. The van der Waals surface area contributed by atoms with Gasteiger partial charge in [-0.05, 0) is 17.7 Å². The summed E-state index contributed by atoms with van der Waals surface area (Å²) >= 11 is 0. The van der Waals surface area contributed by atoms with Gasteiger partial charge in [0.2, 0.25) is 0 Å². The van der Waals surface area contributed by atoms with E-state index in [4.69, 9.17) is 0 Å². The van der Waals surface area contributed by atoms with Crippen LogP contribution in [0.3, 0.4) is 0 Å². The predicted molar refractivity (Wildman–Crippen MR) is 76.3 cm³/mol. The molecule has 2 aromatic carbocycles. The Balaban J connectivity index is 0.000000686. The van der Waals surface area contributed by atoms with Crippen LogP contribution in [-0.4, -0.2) is 7.05 Å². The lowest BCUT2D eigenvalue weighted by molar-refractivity contribution is 0.923. The third kappa shape index (κ3) is 4.31. The molecular formula is C16H21N. The molecule has 2 aromatic rings. The Morgan fingerprint density at radius 1 is 0.765 bits per heavy atom. The van der Waals surface area contributed by atoms with Gasteiger partial charge in [0.25, 0.3) is 0 Å². The zero-order valence-corrected chi connectivity index (χ0v) is 10.9. The van der Waals surface area contributed by atoms with Crippen molar-refractivity contribution in [2.75, 3.05) is 11.9 Å². The summed E-state index contributed by atoms with van der Waals surface area (Å²) in [7, 11) is 2.11. The molecule has 0 aliphatic carbocycles. The highest BCUT2D eigenvalue weighted by Crippen LogP contribution is 2.14. The largest absolute Gasteiger partial charge is 0.370 e. The predicted octanol–water partition coefficient (Wildman–Crippen LogP) is 4.35. The highest BCUT2D eigenvalue weighted by molar-refractivity contribution is 5.45. The minimum atomic E-state index is 0.949. The Morgan fingerprint density at radius 2 is 1.24 bits per heavy atom. The third-order valence-corrected chi connectivity index (χ3v) is 2.46. The zero-order chi connectivity index (χ0) is 12.5. The molecule has 0 aromatic heterocycles. The summed E-state index contributed by atoms with van der Waals surface area (Å²) in [5.74, 6) is 0. The Morgan fingerprint density at radius 3 is 1.76 bits per heavy atom. The first-order chi connectivity index (χ1) is 8.36. The molecule has 0 saturated carbocycles. The number of para-hydroxylation sites is 1. The van der Waals surface area contributed by atoms with Crippen LogP contribution in [0, 0.1) is 0 Å². The number of nitrogens with zero attached hydrogens (tertiary/aromatic N) is 1. The second kappa shape index (κ2) is 7.50. The van der Waals surface area contributed by atoms with Gasteiger partial charge in [-0.1, -0.05) is 62.4 Å². The lowest BCUT2D eigenvalue weighted by Gasteiger charge is -2.19. The van der Waals surface area contributed by atoms with Gasteiger partial charge < -0.3 is 4.90 Å². The van der Waals surface area contributed by atoms with Gasteiger partial charge >= 0.3 is 0 Å². The molecule has 0 radical (unpaired) electrons. The molecule has 0 aliphatic heterocycles. The lowest BCUT2D eigenvalue weighted by Crippen LogP contribution is -2.15. The summed E-state index contributed by atoms with van der Waals surface area (Å²) in [6, 6.07) is 20.9. The van der Waals surface area contributed by atoms with Gasteiger partial charge in [-0.3, -0.25) is 0 Å². The Labute approximate surface area is 105 Å². The van der Waals surface area contributed by atoms with Crippen LogP contribution in [0.2, 0.25) is 0 Å². The molecule has 1 nitrogen and oxygen atoms in total. The number of anilines is 1. The van der Waals surface area contributed by atoms with Crippen LogP contribution in [0.4, 0.5) is 5.69 Å². The molecule has 0 atom stereocenters. The SMILES string of the molecule is CC.CN(Cc1ccccc1)c1ccccc1. The minimum Gasteiger partial charge on any atom is -0.370 e. The van der Waals surface area contributed by atoms with Crippen LogP contribution in [0.15, 0.2) is 60.7 Å². The molecule has 0 heterocycles. The van der Waals surface area contributed by atoms with Crippen molar-refractivity contribution in [2.24, 2.45) is 0 Å². The average molecular weight is 227 g/mol. The first kappa shape index (κ1) is 13.3. The quantitative estimate of drug-likeness (QED) is 0.753. The van der Waals surface area contributed by atoms with E-state index in [0.29, 0.717) is 0 Å². The van der Waals surface area contributed by atoms with E-state index in [1.807, 2.05) is 26.0 Å². The van der Waals surface area contributed by atoms with Gasteiger partial charge in [-0.2, -0.15) is 0 Å². The Hall–Kier alpha value is -1.76. The minimum absolute atomic E-state index is 0.949. The van der Waals surface area contributed by atoms with E-state index in [-0.39, 0.29) is 0 Å². The van der Waals surface area contributed by atoms with E-state index < -0.39 is 0 Å². The van der Waals surface area contributed by atoms with E-state index in [9.17, 15) is 0 Å². The first-order valence-electron chi connectivity index (χ1n) is 6.16. The van der Waals surface area contributed by atoms with E-state index in [2.05, 4.69) is 60.5 Å². The number of hydrogen-bond acceptors (Lipinski definition) is 1. The molecular weight excluding hydrogens is 206 g/mol. The maximum atomic E-state index is 2.25. The first-order valence-corrected chi connectivity index (χ1v) is 6.16. The van der Waals surface area contributed by atoms with E-state index in [1.165, 1.54) is 11.3 Å². The van der Waals surface area contributed by atoms with Crippen LogP contribution in [0.5, 0.6) is 0 Å². The summed E-state index contributed by atoms with van der Waals surface area (Å²) in [5.41, 5.74) is 2.59. The van der Waals surface area contributed by atoms with Crippen molar-refractivity contribution in [2.45, 2.75) is 20.4 Å². The van der Waals surface area contributed by atoms with Crippen molar-refractivity contribution in [3.05, 3.63) is 66.2 Å². The number of benzene rings is 2. The average Bonchev–Trinajstić information content (AvgIpc) is 2.43. The smallest absolute Gasteiger partial charge is 0.0426 e. The molecule has 0 fully saturated rings. The highest BCUT2D eigenvalue weighted by Gasteiger charge is 1.99. The monoisotopic (exact) mass is 227 g/mol. The van der Waals surface area contributed by atoms with Gasteiger partial charge in [-0.25, -0.2) is 0 Å². The maximum Gasteiger partial charge on any atom is 0.0426 e. The summed E-state index contributed by atoms with van der Waals surface area (Å²) in [6.45, 7) is 4.95. The van der Waals surface area contributed by atoms with Gasteiger partial charge in [0.05, 0.1) is 0 Å². The van der Waals surface area contributed by atoms with Gasteiger partial charge in [0, 0.05) is 19.3 Å². The van der Waals surface area contributed by atoms with E-state index >= 15 is 0 Å². The van der Waals surface area contributed by atoms with Crippen molar-refractivity contribution >= 4 is 5.69 Å². The lowest BCUT2D eigenvalue weighted by atomic mass is 10.2. The Kier molecular flexibility index (Phi) is 5.87. The second-order valence-corrected chi connectivity index (χ2v) is 3.68. The van der Waals surface area contributed by atoms with E-state index in [0.717, 1.165) is 6.54 Å². The number of rotatable bonds is 3. The maximum absolute atomic E-state index is 2.25. The molecule has 1 heteroatoms. The molecule has 0 amide bonds. The molecule has 0 bridgehead atoms. The normalized spacial score (nSPS) is 9.12. The third-order valence-electron chi connectivity index (χ3n) is 2.46. The van der Waals surface area contributed by atoms with Crippen molar-refractivity contribution in [3.63, 3.8) is 0 Å².